The number of likely N-dealkylation sites (tertiary alicyclic amines) is 1. The van der Waals surface area contributed by atoms with Crippen molar-refractivity contribution < 1.29 is 9.59 Å². The van der Waals surface area contributed by atoms with E-state index in [1.807, 2.05) is 24.3 Å². The minimum absolute atomic E-state index is 0.0825. The van der Waals surface area contributed by atoms with Gasteiger partial charge in [-0.2, -0.15) is 0 Å². The molecule has 2 saturated heterocycles. The zero-order valence-corrected chi connectivity index (χ0v) is 17.4. The summed E-state index contributed by atoms with van der Waals surface area (Å²) in [6.07, 6.45) is 1.77. The van der Waals surface area contributed by atoms with Crippen molar-refractivity contribution in [3.8, 4) is 0 Å². The summed E-state index contributed by atoms with van der Waals surface area (Å²) in [7, 11) is 0. The zero-order chi connectivity index (χ0) is 20.8. The van der Waals surface area contributed by atoms with Gasteiger partial charge >= 0.3 is 11.8 Å². The van der Waals surface area contributed by atoms with Crippen molar-refractivity contribution in [1.29, 1.82) is 0 Å². The predicted molar refractivity (Wildman–Crippen MR) is 118 cm³/mol. The first kappa shape index (κ1) is 20.4. The molecule has 0 spiro atoms. The molecule has 0 bridgehead atoms. The summed E-state index contributed by atoms with van der Waals surface area (Å²) in [5, 5.41) is 2.97. The summed E-state index contributed by atoms with van der Waals surface area (Å²) >= 11 is 0. The molecular formula is C24H30N4O2. The van der Waals surface area contributed by atoms with Gasteiger partial charge in [0.1, 0.15) is 0 Å². The van der Waals surface area contributed by atoms with Crippen molar-refractivity contribution in [2.24, 2.45) is 0 Å². The fourth-order valence-electron chi connectivity index (χ4n) is 4.27. The van der Waals surface area contributed by atoms with E-state index in [-0.39, 0.29) is 6.04 Å². The molecule has 2 aliphatic rings. The van der Waals surface area contributed by atoms with Gasteiger partial charge in [-0.25, -0.2) is 0 Å². The summed E-state index contributed by atoms with van der Waals surface area (Å²) < 4.78 is 0. The molecule has 0 radical (unpaired) electrons. The molecule has 2 aromatic carbocycles. The summed E-state index contributed by atoms with van der Waals surface area (Å²) in [6, 6.07) is 20.7. The Morgan fingerprint density at radius 3 is 2.03 bits per heavy atom. The lowest BCUT2D eigenvalue weighted by atomic mass is 10.0. The van der Waals surface area contributed by atoms with Crippen LogP contribution < -0.4 is 10.2 Å². The quantitative estimate of drug-likeness (QED) is 0.791. The lowest BCUT2D eigenvalue weighted by Crippen LogP contribution is -2.54. The third-order valence-corrected chi connectivity index (χ3v) is 6.05. The van der Waals surface area contributed by atoms with E-state index in [1.54, 1.807) is 4.90 Å². The highest BCUT2D eigenvalue weighted by Gasteiger charge is 2.28. The average Bonchev–Trinajstić information content (AvgIpc) is 2.81. The van der Waals surface area contributed by atoms with Crippen LogP contribution in [0.4, 0.5) is 5.69 Å². The van der Waals surface area contributed by atoms with E-state index < -0.39 is 11.8 Å². The number of piperidine rings is 1. The second-order valence-corrected chi connectivity index (χ2v) is 8.12. The zero-order valence-electron chi connectivity index (χ0n) is 17.4. The van der Waals surface area contributed by atoms with Crippen LogP contribution in [0.15, 0.2) is 60.7 Å². The summed E-state index contributed by atoms with van der Waals surface area (Å²) in [4.78, 5) is 31.4. The maximum Gasteiger partial charge on any atom is 0.312 e. The minimum atomic E-state index is -0.454. The van der Waals surface area contributed by atoms with Crippen LogP contribution >= 0.6 is 0 Å². The van der Waals surface area contributed by atoms with E-state index in [9.17, 15) is 9.59 Å². The Morgan fingerprint density at radius 2 is 1.40 bits per heavy atom. The van der Waals surface area contributed by atoms with E-state index >= 15 is 0 Å². The van der Waals surface area contributed by atoms with Crippen molar-refractivity contribution >= 4 is 17.5 Å². The Morgan fingerprint density at radius 1 is 0.800 bits per heavy atom. The minimum Gasteiger partial charge on any atom is -0.368 e. The fraction of sp³-hybridized carbons (Fsp3) is 0.417. The molecule has 2 heterocycles. The molecule has 0 aromatic heterocycles. The molecular weight excluding hydrogens is 376 g/mol. The number of amides is 2. The Labute approximate surface area is 178 Å². The Kier molecular flexibility index (Phi) is 6.64. The number of piperazine rings is 1. The maximum atomic E-state index is 12.6. The van der Waals surface area contributed by atoms with E-state index in [0.717, 1.165) is 51.3 Å². The molecule has 6 nitrogen and oxygen atoms in total. The van der Waals surface area contributed by atoms with Crippen molar-refractivity contribution in [3.63, 3.8) is 0 Å². The van der Waals surface area contributed by atoms with Gasteiger partial charge in [0, 0.05) is 57.5 Å². The van der Waals surface area contributed by atoms with Gasteiger partial charge < -0.3 is 15.1 Å². The number of carbonyl (C=O) groups is 2. The van der Waals surface area contributed by atoms with Gasteiger partial charge in [0.25, 0.3) is 0 Å². The molecule has 2 aromatic rings. The van der Waals surface area contributed by atoms with Crippen molar-refractivity contribution in [1.82, 2.24) is 15.1 Å². The number of para-hydroxylation sites is 1. The topological polar surface area (TPSA) is 55.9 Å². The van der Waals surface area contributed by atoms with Gasteiger partial charge in [0.2, 0.25) is 0 Å². The van der Waals surface area contributed by atoms with E-state index in [4.69, 9.17) is 0 Å². The van der Waals surface area contributed by atoms with Crippen LogP contribution in [-0.4, -0.2) is 66.9 Å². The number of carbonyl (C=O) groups excluding carboxylic acids is 2. The number of nitrogens with one attached hydrogen (secondary N) is 1. The summed E-state index contributed by atoms with van der Waals surface area (Å²) in [6.45, 7) is 5.47. The fourth-order valence-corrected chi connectivity index (χ4v) is 4.27. The van der Waals surface area contributed by atoms with Crippen molar-refractivity contribution in [2.75, 3.05) is 44.2 Å². The largest absolute Gasteiger partial charge is 0.368 e. The first-order valence-electron chi connectivity index (χ1n) is 10.8. The molecule has 6 heteroatoms. The van der Waals surface area contributed by atoms with E-state index in [1.165, 1.54) is 5.56 Å². The number of benzene rings is 2. The van der Waals surface area contributed by atoms with Crippen LogP contribution in [0.5, 0.6) is 0 Å². The van der Waals surface area contributed by atoms with Gasteiger partial charge in [0.15, 0.2) is 0 Å². The number of anilines is 1. The average molecular weight is 407 g/mol. The second-order valence-electron chi connectivity index (χ2n) is 8.12. The van der Waals surface area contributed by atoms with Crippen LogP contribution in [0.1, 0.15) is 18.4 Å². The lowest BCUT2D eigenvalue weighted by molar-refractivity contribution is -0.146. The van der Waals surface area contributed by atoms with E-state index in [2.05, 4.69) is 51.5 Å². The molecule has 0 atom stereocenters. The number of hydrogen-bond donors (Lipinski definition) is 1. The van der Waals surface area contributed by atoms with Crippen LogP contribution in [-0.2, 0) is 16.1 Å². The second kappa shape index (κ2) is 9.76. The standard InChI is InChI=1S/C24H30N4O2/c29-23(24(30)28-17-15-27(16-18-28)22-9-5-2-6-10-22)25-21-11-13-26(14-12-21)19-20-7-3-1-4-8-20/h1-10,21H,11-19H2,(H,25,29). The van der Waals surface area contributed by atoms with Crippen molar-refractivity contribution in [3.05, 3.63) is 66.2 Å². The Hall–Kier alpha value is -2.86. The number of rotatable bonds is 4. The summed E-state index contributed by atoms with van der Waals surface area (Å²) in [5.74, 6) is -0.848. The van der Waals surface area contributed by atoms with Crippen LogP contribution in [0.25, 0.3) is 0 Å². The van der Waals surface area contributed by atoms with Crippen LogP contribution in [0, 0.1) is 0 Å². The first-order valence-corrected chi connectivity index (χ1v) is 10.8. The van der Waals surface area contributed by atoms with Crippen molar-refractivity contribution in [2.45, 2.75) is 25.4 Å². The van der Waals surface area contributed by atoms with Gasteiger partial charge in [-0.1, -0.05) is 48.5 Å². The lowest BCUT2D eigenvalue weighted by Gasteiger charge is -2.36. The molecule has 158 valence electrons. The predicted octanol–water partition coefficient (Wildman–Crippen LogP) is 2.12. The van der Waals surface area contributed by atoms with Gasteiger partial charge in [-0.3, -0.25) is 14.5 Å². The van der Waals surface area contributed by atoms with Gasteiger partial charge in [-0.15, -0.1) is 0 Å². The SMILES string of the molecule is O=C(NC1CCN(Cc2ccccc2)CC1)C(=O)N1CCN(c2ccccc2)CC1. The monoisotopic (exact) mass is 406 g/mol. The van der Waals surface area contributed by atoms with Crippen LogP contribution in [0.2, 0.25) is 0 Å². The molecule has 4 rings (SSSR count). The molecule has 2 fully saturated rings. The highest BCUT2D eigenvalue weighted by molar-refractivity contribution is 6.35. The van der Waals surface area contributed by atoms with Gasteiger partial charge in [-0.05, 0) is 30.5 Å². The Balaban J connectivity index is 1.20. The molecule has 0 unspecified atom stereocenters. The molecule has 0 aliphatic carbocycles. The third-order valence-electron chi connectivity index (χ3n) is 6.05. The molecule has 2 amide bonds. The van der Waals surface area contributed by atoms with Crippen LogP contribution in [0.3, 0.4) is 0 Å². The molecule has 30 heavy (non-hydrogen) atoms. The molecule has 0 saturated carbocycles. The molecule has 1 N–H and O–H groups in total. The smallest absolute Gasteiger partial charge is 0.312 e. The maximum absolute atomic E-state index is 12.6. The first-order chi connectivity index (χ1) is 14.7. The summed E-state index contributed by atoms with van der Waals surface area (Å²) in [5.41, 5.74) is 2.47. The highest BCUT2D eigenvalue weighted by Crippen LogP contribution is 2.16. The number of nitrogens with zero attached hydrogens (tertiary/aromatic N) is 3. The van der Waals surface area contributed by atoms with Gasteiger partial charge in [0.05, 0.1) is 0 Å². The molecule has 2 aliphatic heterocycles. The van der Waals surface area contributed by atoms with E-state index in [0.29, 0.717) is 13.1 Å². The normalized spacial score (nSPS) is 18.3. The number of hydrogen-bond acceptors (Lipinski definition) is 4. The third kappa shape index (κ3) is 5.19. The highest BCUT2D eigenvalue weighted by atomic mass is 16.2. The Bertz CT molecular complexity index is 827.